The van der Waals surface area contributed by atoms with Gasteiger partial charge >= 0.3 is 0 Å². The fourth-order valence-corrected chi connectivity index (χ4v) is 2.23. The van der Waals surface area contributed by atoms with Crippen molar-refractivity contribution in [1.82, 2.24) is 5.32 Å². The Kier molecular flexibility index (Phi) is 6.83. The number of halogens is 1. The van der Waals surface area contributed by atoms with Crippen LogP contribution in [0, 0.1) is 5.92 Å². The third kappa shape index (κ3) is 6.12. The lowest BCUT2D eigenvalue weighted by Gasteiger charge is -2.10. The number of hydrogen-bond acceptors (Lipinski definition) is 3. The molecule has 2 rings (SSSR count). The molecule has 0 atom stereocenters. The van der Waals surface area contributed by atoms with E-state index in [0.717, 1.165) is 0 Å². The highest BCUT2D eigenvalue weighted by Gasteiger charge is 2.09. The molecule has 0 saturated heterocycles. The molecule has 25 heavy (non-hydrogen) atoms. The van der Waals surface area contributed by atoms with E-state index in [1.165, 1.54) is 0 Å². The third-order valence-corrected chi connectivity index (χ3v) is 3.59. The predicted molar refractivity (Wildman–Crippen MR) is 99.2 cm³/mol. The molecule has 0 aliphatic heterocycles. The van der Waals surface area contributed by atoms with Gasteiger partial charge in [0, 0.05) is 17.8 Å². The van der Waals surface area contributed by atoms with E-state index in [2.05, 4.69) is 10.6 Å². The highest BCUT2D eigenvalue weighted by atomic mass is 35.5. The van der Waals surface area contributed by atoms with E-state index < -0.39 is 0 Å². The van der Waals surface area contributed by atoms with Crippen LogP contribution in [0.15, 0.2) is 48.5 Å². The quantitative estimate of drug-likeness (QED) is 0.790. The highest BCUT2D eigenvalue weighted by molar-refractivity contribution is 6.32. The number of amides is 2. The molecule has 0 unspecified atom stereocenters. The van der Waals surface area contributed by atoms with Crippen LogP contribution in [0.4, 0.5) is 5.69 Å². The van der Waals surface area contributed by atoms with Crippen molar-refractivity contribution >= 4 is 29.1 Å². The van der Waals surface area contributed by atoms with Crippen LogP contribution in [0.2, 0.25) is 5.02 Å². The van der Waals surface area contributed by atoms with Gasteiger partial charge in [0.2, 0.25) is 0 Å². The maximum Gasteiger partial charge on any atom is 0.262 e. The Hall–Kier alpha value is -2.53. The summed E-state index contributed by atoms with van der Waals surface area (Å²) in [5.74, 6) is 0.312. The molecule has 2 aromatic carbocycles. The number of nitrogens with one attached hydrogen (secondary N) is 2. The molecule has 0 aliphatic carbocycles. The summed E-state index contributed by atoms with van der Waals surface area (Å²) in [4.78, 5) is 24.1. The molecule has 0 saturated carbocycles. The molecule has 0 heterocycles. The van der Waals surface area contributed by atoms with Crippen LogP contribution < -0.4 is 15.4 Å². The normalized spacial score (nSPS) is 10.4. The molecule has 132 valence electrons. The number of para-hydroxylation sites is 1. The SMILES string of the molecule is CC(C)CNC(=O)c1cccc(NC(=O)COc2ccccc2Cl)c1. The predicted octanol–water partition coefficient (Wildman–Crippen LogP) is 3.74. The molecule has 0 spiro atoms. The average Bonchev–Trinajstić information content (AvgIpc) is 2.59. The van der Waals surface area contributed by atoms with E-state index in [4.69, 9.17) is 16.3 Å². The van der Waals surface area contributed by atoms with Crippen molar-refractivity contribution in [3.8, 4) is 5.75 Å². The summed E-state index contributed by atoms with van der Waals surface area (Å²) in [6.45, 7) is 4.47. The van der Waals surface area contributed by atoms with E-state index in [1.54, 1.807) is 48.5 Å². The second kappa shape index (κ2) is 9.08. The number of hydrogen-bond donors (Lipinski definition) is 2. The van der Waals surface area contributed by atoms with Gasteiger partial charge in [-0.3, -0.25) is 9.59 Å². The van der Waals surface area contributed by atoms with Gasteiger partial charge in [0.05, 0.1) is 5.02 Å². The average molecular weight is 361 g/mol. The molecule has 0 bridgehead atoms. The fraction of sp³-hybridized carbons (Fsp3) is 0.263. The van der Waals surface area contributed by atoms with Crippen LogP contribution in [-0.4, -0.2) is 25.0 Å². The van der Waals surface area contributed by atoms with Gasteiger partial charge in [0.1, 0.15) is 5.75 Å². The standard InChI is InChI=1S/C19H21ClN2O3/c1-13(2)11-21-19(24)14-6-5-7-15(10-14)22-18(23)12-25-17-9-4-3-8-16(17)20/h3-10,13H,11-12H2,1-2H3,(H,21,24)(H,22,23). The Balaban J connectivity index is 1.91. The van der Waals surface area contributed by atoms with E-state index in [1.807, 2.05) is 13.8 Å². The molecule has 0 radical (unpaired) electrons. The Bertz CT molecular complexity index is 747. The lowest BCUT2D eigenvalue weighted by molar-refractivity contribution is -0.118. The smallest absolute Gasteiger partial charge is 0.262 e. The van der Waals surface area contributed by atoms with Crippen molar-refractivity contribution in [3.63, 3.8) is 0 Å². The first-order valence-electron chi connectivity index (χ1n) is 8.01. The molecule has 2 amide bonds. The Labute approximate surface area is 152 Å². The lowest BCUT2D eigenvalue weighted by Crippen LogP contribution is -2.27. The third-order valence-electron chi connectivity index (χ3n) is 3.27. The summed E-state index contributed by atoms with van der Waals surface area (Å²) in [7, 11) is 0. The van der Waals surface area contributed by atoms with Crippen molar-refractivity contribution < 1.29 is 14.3 Å². The molecule has 2 aromatic rings. The van der Waals surface area contributed by atoms with Crippen LogP contribution in [0.25, 0.3) is 0 Å². The van der Waals surface area contributed by atoms with Gasteiger partial charge in [-0.2, -0.15) is 0 Å². The lowest BCUT2D eigenvalue weighted by atomic mass is 10.1. The molecule has 0 aliphatic rings. The Morgan fingerprint density at radius 3 is 2.60 bits per heavy atom. The van der Waals surface area contributed by atoms with Gasteiger partial charge in [-0.15, -0.1) is 0 Å². The zero-order chi connectivity index (χ0) is 18.2. The summed E-state index contributed by atoms with van der Waals surface area (Å²) in [5.41, 5.74) is 1.02. The van der Waals surface area contributed by atoms with E-state index in [-0.39, 0.29) is 18.4 Å². The summed E-state index contributed by atoms with van der Waals surface area (Å²) in [5, 5.41) is 5.99. The van der Waals surface area contributed by atoms with E-state index in [0.29, 0.717) is 34.5 Å². The van der Waals surface area contributed by atoms with Crippen molar-refractivity contribution in [3.05, 3.63) is 59.1 Å². The van der Waals surface area contributed by atoms with Gasteiger partial charge < -0.3 is 15.4 Å². The first-order chi connectivity index (χ1) is 12.0. The zero-order valence-electron chi connectivity index (χ0n) is 14.2. The molecular formula is C19H21ClN2O3. The Morgan fingerprint density at radius 1 is 1.12 bits per heavy atom. The largest absolute Gasteiger partial charge is 0.482 e. The van der Waals surface area contributed by atoms with E-state index in [9.17, 15) is 9.59 Å². The summed E-state index contributed by atoms with van der Waals surface area (Å²) < 4.78 is 5.39. The maximum absolute atomic E-state index is 12.1. The summed E-state index contributed by atoms with van der Waals surface area (Å²) >= 11 is 5.97. The van der Waals surface area contributed by atoms with Crippen molar-refractivity contribution in [1.29, 1.82) is 0 Å². The second-order valence-electron chi connectivity index (χ2n) is 5.95. The number of rotatable bonds is 7. The molecule has 5 nitrogen and oxygen atoms in total. The number of anilines is 1. The van der Waals surface area contributed by atoms with Crippen LogP contribution >= 0.6 is 11.6 Å². The Morgan fingerprint density at radius 2 is 1.88 bits per heavy atom. The molecule has 0 aromatic heterocycles. The minimum absolute atomic E-state index is 0.169. The number of ether oxygens (including phenoxy) is 1. The van der Waals surface area contributed by atoms with Crippen LogP contribution in [0.3, 0.4) is 0 Å². The van der Waals surface area contributed by atoms with Crippen molar-refractivity contribution in [2.75, 3.05) is 18.5 Å². The van der Waals surface area contributed by atoms with Gasteiger partial charge in [0.15, 0.2) is 6.61 Å². The topological polar surface area (TPSA) is 67.4 Å². The van der Waals surface area contributed by atoms with Gasteiger partial charge in [-0.1, -0.05) is 43.6 Å². The van der Waals surface area contributed by atoms with Crippen molar-refractivity contribution in [2.45, 2.75) is 13.8 Å². The maximum atomic E-state index is 12.1. The minimum Gasteiger partial charge on any atom is -0.482 e. The molecule has 2 N–H and O–H groups in total. The fourth-order valence-electron chi connectivity index (χ4n) is 2.04. The monoisotopic (exact) mass is 360 g/mol. The van der Waals surface area contributed by atoms with Crippen molar-refractivity contribution in [2.24, 2.45) is 5.92 Å². The highest BCUT2D eigenvalue weighted by Crippen LogP contribution is 2.23. The van der Waals surface area contributed by atoms with Gasteiger partial charge in [-0.05, 0) is 36.2 Å². The summed E-state index contributed by atoms with van der Waals surface area (Å²) in [6.07, 6.45) is 0. The van der Waals surface area contributed by atoms with Gasteiger partial charge in [-0.25, -0.2) is 0 Å². The van der Waals surface area contributed by atoms with Gasteiger partial charge in [0.25, 0.3) is 11.8 Å². The van der Waals surface area contributed by atoms with Crippen LogP contribution in [0.1, 0.15) is 24.2 Å². The molecule has 0 fully saturated rings. The molecule has 6 heteroatoms. The van der Waals surface area contributed by atoms with Crippen LogP contribution in [0.5, 0.6) is 5.75 Å². The van der Waals surface area contributed by atoms with E-state index >= 15 is 0 Å². The minimum atomic E-state index is -0.334. The number of carbonyl (C=O) groups is 2. The molecular weight excluding hydrogens is 340 g/mol. The second-order valence-corrected chi connectivity index (χ2v) is 6.36. The number of carbonyl (C=O) groups excluding carboxylic acids is 2. The first kappa shape index (κ1) is 18.8. The first-order valence-corrected chi connectivity index (χ1v) is 8.39. The zero-order valence-corrected chi connectivity index (χ0v) is 15.0. The van der Waals surface area contributed by atoms with Crippen LogP contribution in [-0.2, 0) is 4.79 Å². The number of benzene rings is 2. The summed E-state index contributed by atoms with van der Waals surface area (Å²) in [6, 6.07) is 13.7.